The lowest BCUT2D eigenvalue weighted by atomic mass is 10.0. The van der Waals surface area contributed by atoms with Gasteiger partial charge in [-0.15, -0.1) is 0 Å². The number of hydrogen-bond donors (Lipinski definition) is 2. The molecule has 0 bridgehead atoms. The zero-order valence-corrected chi connectivity index (χ0v) is 10.7. The Hall–Kier alpha value is -1.70. The lowest BCUT2D eigenvalue weighted by molar-refractivity contribution is -0.386. The van der Waals surface area contributed by atoms with Gasteiger partial charge < -0.3 is 14.9 Å². The van der Waals surface area contributed by atoms with Crippen LogP contribution in [-0.4, -0.2) is 34.3 Å². The predicted molar refractivity (Wildman–Crippen MR) is 65.7 cm³/mol. The smallest absolute Gasteiger partial charge is 0.308 e. The average Bonchev–Trinajstić information content (AvgIpc) is 2.37. The number of halogens is 1. The number of hydrogen-bond acceptors (Lipinski definition) is 6. The molecule has 8 heteroatoms. The van der Waals surface area contributed by atoms with Gasteiger partial charge >= 0.3 is 5.97 Å². The molecule has 0 aromatic heterocycles. The van der Waals surface area contributed by atoms with Gasteiger partial charge in [-0.1, -0.05) is 17.7 Å². The van der Waals surface area contributed by atoms with Crippen LogP contribution in [0.5, 0.6) is 0 Å². The molecule has 0 aliphatic heterocycles. The van der Waals surface area contributed by atoms with Crippen molar-refractivity contribution in [1.82, 2.24) is 0 Å². The highest BCUT2D eigenvalue weighted by molar-refractivity contribution is 6.31. The van der Waals surface area contributed by atoms with Crippen molar-refractivity contribution >= 4 is 23.3 Å². The van der Waals surface area contributed by atoms with Gasteiger partial charge in [0.2, 0.25) is 0 Å². The van der Waals surface area contributed by atoms with E-state index in [1.54, 1.807) is 0 Å². The van der Waals surface area contributed by atoms with Crippen LogP contribution in [0.25, 0.3) is 0 Å². The number of nitro benzene ring substituents is 1. The molecular formula is C11H12ClNO6. The van der Waals surface area contributed by atoms with Crippen molar-refractivity contribution in [2.45, 2.75) is 18.6 Å². The third kappa shape index (κ3) is 3.63. The van der Waals surface area contributed by atoms with Crippen LogP contribution >= 0.6 is 11.6 Å². The zero-order valence-electron chi connectivity index (χ0n) is 9.95. The van der Waals surface area contributed by atoms with E-state index in [-0.39, 0.29) is 10.6 Å². The molecule has 0 radical (unpaired) electrons. The lowest BCUT2D eigenvalue weighted by Gasteiger charge is -2.18. The van der Waals surface area contributed by atoms with Gasteiger partial charge in [-0.05, 0) is 6.07 Å². The van der Waals surface area contributed by atoms with Crippen LogP contribution in [0.2, 0.25) is 5.02 Å². The number of ether oxygens (including phenoxy) is 1. The van der Waals surface area contributed by atoms with Crippen LogP contribution < -0.4 is 0 Å². The maximum Gasteiger partial charge on any atom is 0.308 e. The first kappa shape index (κ1) is 15.4. The van der Waals surface area contributed by atoms with Gasteiger partial charge in [-0.25, -0.2) is 0 Å². The monoisotopic (exact) mass is 289 g/mol. The number of nitro groups is 1. The quantitative estimate of drug-likeness (QED) is 0.479. The summed E-state index contributed by atoms with van der Waals surface area (Å²) in [6.45, 7) is 0. The summed E-state index contributed by atoms with van der Waals surface area (Å²) in [6.07, 6.45) is -3.71. The topological polar surface area (TPSA) is 110 Å². The SMILES string of the molecule is COC(=O)CC(O)C(O)c1c(Cl)cccc1[N+](=O)[O-]. The van der Waals surface area contributed by atoms with Crippen LogP contribution in [0.4, 0.5) is 5.69 Å². The lowest BCUT2D eigenvalue weighted by Crippen LogP contribution is -2.23. The van der Waals surface area contributed by atoms with Crippen LogP contribution in [0.15, 0.2) is 18.2 Å². The Labute approximate surface area is 113 Å². The summed E-state index contributed by atoms with van der Waals surface area (Å²) in [4.78, 5) is 21.1. The van der Waals surface area contributed by atoms with E-state index in [0.717, 1.165) is 13.2 Å². The van der Waals surface area contributed by atoms with Crippen molar-refractivity contribution in [2.75, 3.05) is 7.11 Å². The molecule has 0 aliphatic rings. The fourth-order valence-electron chi connectivity index (χ4n) is 1.54. The maximum atomic E-state index is 11.0. The van der Waals surface area contributed by atoms with Crippen molar-refractivity contribution in [3.63, 3.8) is 0 Å². The van der Waals surface area contributed by atoms with Crippen molar-refractivity contribution in [3.05, 3.63) is 38.9 Å². The van der Waals surface area contributed by atoms with Crippen molar-refractivity contribution in [2.24, 2.45) is 0 Å². The van der Waals surface area contributed by atoms with Gasteiger partial charge in [-0.2, -0.15) is 0 Å². The number of aliphatic hydroxyl groups excluding tert-OH is 2. The molecule has 0 saturated carbocycles. The van der Waals surface area contributed by atoms with E-state index in [1.165, 1.54) is 12.1 Å². The molecule has 0 spiro atoms. The first-order valence-electron chi connectivity index (χ1n) is 5.24. The van der Waals surface area contributed by atoms with Crippen molar-refractivity contribution in [3.8, 4) is 0 Å². The van der Waals surface area contributed by atoms with E-state index in [2.05, 4.69) is 4.74 Å². The van der Waals surface area contributed by atoms with Crippen molar-refractivity contribution < 1.29 is 24.7 Å². The van der Waals surface area contributed by atoms with Gasteiger partial charge in [0, 0.05) is 6.07 Å². The van der Waals surface area contributed by atoms with Gasteiger partial charge in [-0.3, -0.25) is 14.9 Å². The summed E-state index contributed by atoms with van der Waals surface area (Å²) in [5, 5.41) is 30.3. The molecule has 2 unspecified atom stereocenters. The van der Waals surface area contributed by atoms with Gasteiger partial charge in [0.05, 0.1) is 35.1 Å². The molecule has 0 heterocycles. The molecule has 104 valence electrons. The second-order valence-electron chi connectivity index (χ2n) is 3.72. The van der Waals surface area contributed by atoms with E-state index in [9.17, 15) is 25.1 Å². The molecule has 1 aromatic carbocycles. The standard InChI is InChI=1S/C11H12ClNO6/c1-19-9(15)5-8(14)11(16)10-6(12)3-2-4-7(10)13(17)18/h2-4,8,11,14,16H,5H2,1H3. The third-order valence-corrected chi connectivity index (χ3v) is 2.82. The molecule has 0 saturated heterocycles. The van der Waals surface area contributed by atoms with Crippen LogP contribution in [0.1, 0.15) is 18.1 Å². The van der Waals surface area contributed by atoms with E-state index in [1.807, 2.05) is 0 Å². The summed E-state index contributed by atoms with van der Waals surface area (Å²) in [5.74, 6) is -0.749. The number of carbonyl (C=O) groups is 1. The molecule has 0 fully saturated rings. The number of methoxy groups -OCH3 is 1. The molecular weight excluding hydrogens is 278 g/mol. The number of aliphatic hydroxyl groups is 2. The largest absolute Gasteiger partial charge is 0.469 e. The molecule has 0 aliphatic carbocycles. The van der Waals surface area contributed by atoms with E-state index in [4.69, 9.17) is 11.6 Å². The van der Waals surface area contributed by atoms with Crippen molar-refractivity contribution in [1.29, 1.82) is 0 Å². The van der Waals surface area contributed by atoms with Crippen LogP contribution in [-0.2, 0) is 9.53 Å². The highest BCUT2D eigenvalue weighted by Gasteiger charge is 2.30. The summed E-state index contributed by atoms with van der Waals surface area (Å²) in [5.41, 5.74) is -0.658. The zero-order chi connectivity index (χ0) is 14.6. The Kier molecular flexibility index (Phi) is 5.22. The summed E-state index contributed by atoms with van der Waals surface area (Å²) in [6, 6.07) is 3.84. The van der Waals surface area contributed by atoms with Gasteiger partial charge in [0.15, 0.2) is 0 Å². The number of esters is 1. The number of nitrogens with zero attached hydrogens (tertiary/aromatic N) is 1. The molecule has 2 N–H and O–H groups in total. The summed E-state index contributed by atoms with van der Waals surface area (Å²) in [7, 11) is 1.12. The minimum atomic E-state index is -1.66. The minimum Gasteiger partial charge on any atom is -0.469 e. The third-order valence-electron chi connectivity index (χ3n) is 2.49. The van der Waals surface area contributed by atoms with Gasteiger partial charge in [0.1, 0.15) is 6.10 Å². The highest BCUT2D eigenvalue weighted by atomic mass is 35.5. The first-order valence-corrected chi connectivity index (χ1v) is 5.62. The minimum absolute atomic E-state index is 0.0642. The Morgan fingerprint density at radius 2 is 2.16 bits per heavy atom. The van der Waals surface area contributed by atoms with E-state index < -0.39 is 35.2 Å². The van der Waals surface area contributed by atoms with E-state index in [0.29, 0.717) is 0 Å². The summed E-state index contributed by atoms with van der Waals surface area (Å²) >= 11 is 5.79. The Balaban J connectivity index is 3.08. The second-order valence-corrected chi connectivity index (χ2v) is 4.13. The number of carbonyl (C=O) groups excluding carboxylic acids is 1. The number of benzene rings is 1. The molecule has 0 amide bonds. The van der Waals surface area contributed by atoms with E-state index >= 15 is 0 Å². The average molecular weight is 290 g/mol. The molecule has 7 nitrogen and oxygen atoms in total. The first-order chi connectivity index (χ1) is 8.88. The second kappa shape index (κ2) is 6.46. The molecule has 2 atom stereocenters. The van der Waals surface area contributed by atoms with Crippen LogP contribution in [0, 0.1) is 10.1 Å². The predicted octanol–water partition coefficient (Wildman–Crippen LogP) is 1.21. The molecule has 19 heavy (non-hydrogen) atoms. The molecule has 1 rings (SSSR count). The molecule has 1 aromatic rings. The van der Waals surface area contributed by atoms with Gasteiger partial charge in [0.25, 0.3) is 5.69 Å². The summed E-state index contributed by atoms with van der Waals surface area (Å²) < 4.78 is 4.34. The Morgan fingerprint density at radius 1 is 1.53 bits per heavy atom. The fraction of sp³-hybridized carbons (Fsp3) is 0.364. The fourth-order valence-corrected chi connectivity index (χ4v) is 1.82. The van der Waals surface area contributed by atoms with Crippen LogP contribution in [0.3, 0.4) is 0 Å². The number of rotatable bonds is 5. The highest BCUT2D eigenvalue weighted by Crippen LogP contribution is 2.34. The normalized spacial score (nSPS) is 13.7. The maximum absolute atomic E-state index is 11.0. The Morgan fingerprint density at radius 3 is 2.68 bits per heavy atom. The Bertz CT molecular complexity index is 492.